The van der Waals surface area contributed by atoms with Gasteiger partial charge >= 0.3 is 0 Å². The minimum absolute atomic E-state index is 0.333. The van der Waals surface area contributed by atoms with Crippen LogP contribution in [0.2, 0.25) is 0 Å². The first-order chi connectivity index (χ1) is 4.26. The summed E-state index contributed by atoms with van der Waals surface area (Å²) in [5.41, 5.74) is 0.333. The van der Waals surface area contributed by atoms with E-state index in [2.05, 4.69) is 11.9 Å². The van der Waals surface area contributed by atoms with Gasteiger partial charge in [-0.3, -0.25) is 0 Å². The number of hydrogen-bond donors (Lipinski definition) is 1. The molecule has 1 saturated carbocycles. The Bertz CT molecular complexity index is 129. The molecule has 1 N–H and O–H groups in total. The van der Waals surface area contributed by atoms with Crippen LogP contribution in [0.4, 0.5) is 0 Å². The Balaban J connectivity index is 2.09. The van der Waals surface area contributed by atoms with E-state index < -0.39 is 0 Å². The number of nitrogens with zero attached hydrogens (tertiary/aromatic N) is 1. The first kappa shape index (κ1) is 5.69. The summed E-state index contributed by atoms with van der Waals surface area (Å²) < 4.78 is 0. The third kappa shape index (κ3) is 0.578. The van der Waals surface area contributed by atoms with Gasteiger partial charge in [0.2, 0.25) is 0 Å². The lowest BCUT2D eigenvalue weighted by Gasteiger charge is -2.35. The molecule has 0 aromatic carbocycles. The molecule has 52 valence electrons. The Morgan fingerprint density at radius 2 is 2.33 bits per heavy atom. The molecule has 0 spiro atoms. The molecule has 9 heavy (non-hydrogen) atoms. The number of aliphatic hydroxyl groups excluding tert-OH is 1. The molecule has 2 nitrogen and oxygen atoms in total. The fraction of sp³-hybridized carbons (Fsp3) is 1.00. The molecule has 3 fully saturated rings. The summed E-state index contributed by atoms with van der Waals surface area (Å²) in [7, 11) is 2.15. The lowest BCUT2D eigenvalue weighted by Crippen LogP contribution is -2.36. The van der Waals surface area contributed by atoms with E-state index in [4.69, 9.17) is 5.11 Å². The van der Waals surface area contributed by atoms with Gasteiger partial charge in [0.05, 0.1) is 6.61 Å². The van der Waals surface area contributed by atoms with E-state index in [-0.39, 0.29) is 0 Å². The van der Waals surface area contributed by atoms with Crippen LogP contribution in [-0.2, 0) is 0 Å². The van der Waals surface area contributed by atoms with Crippen LogP contribution in [0.1, 0.15) is 12.8 Å². The zero-order chi connectivity index (χ0) is 6.48. The summed E-state index contributed by atoms with van der Waals surface area (Å²) in [6.45, 7) is 1.52. The van der Waals surface area contributed by atoms with Crippen molar-refractivity contribution in [1.29, 1.82) is 0 Å². The second-order valence-electron chi connectivity index (χ2n) is 3.64. The second-order valence-corrected chi connectivity index (χ2v) is 3.64. The first-order valence-electron chi connectivity index (χ1n) is 3.57. The number of fused-ring (bicyclic) bond motifs is 1. The normalized spacial score (nSPS) is 49.3. The van der Waals surface area contributed by atoms with Crippen molar-refractivity contribution in [2.75, 3.05) is 20.2 Å². The van der Waals surface area contributed by atoms with Crippen molar-refractivity contribution in [3.8, 4) is 0 Å². The highest BCUT2D eigenvalue weighted by Crippen LogP contribution is 2.50. The van der Waals surface area contributed by atoms with E-state index in [1.807, 2.05) is 0 Å². The van der Waals surface area contributed by atoms with Gasteiger partial charge in [0.1, 0.15) is 0 Å². The molecule has 2 aliphatic heterocycles. The monoisotopic (exact) mass is 127 g/mol. The average Bonchev–Trinajstić information content (AvgIpc) is 2.18. The molecular weight excluding hydrogens is 114 g/mol. The van der Waals surface area contributed by atoms with E-state index in [0.29, 0.717) is 12.0 Å². The van der Waals surface area contributed by atoms with Gasteiger partial charge in [0.15, 0.2) is 0 Å². The zero-order valence-corrected chi connectivity index (χ0v) is 5.80. The minimum atomic E-state index is 0.333. The third-order valence-corrected chi connectivity index (χ3v) is 2.88. The largest absolute Gasteiger partial charge is 0.396 e. The molecule has 0 aromatic heterocycles. The second kappa shape index (κ2) is 1.50. The summed E-state index contributed by atoms with van der Waals surface area (Å²) in [6, 6.07) is 0.803. The summed E-state index contributed by atoms with van der Waals surface area (Å²) in [4.78, 5) is 2.36. The van der Waals surface area contributed by atoms with Crippen LogP contribution < -0.4 is 0 Å². The summed E-state index contributed by atoms with van der Waals surface area (Å²) in [5.74, 6) is 0. The van der Waals surface area contributed by atoms with Crippen molar-refractivity contribution >= 4 is 0 Å². The van der Waals surface area contributed by atoms with Gasteiger partial charge in [0.25, 0.3) is 0 Å². The molecule has 3 rings (SSSR count). The Labute approximate surface area is 55.5 Å². The Morgan fingerprint density at radius 1 is 1.67 bits per heavy atom. The van der Waals surface area contributed by atoms with E-state index >= 15 is 0 Å². The van der Waals surface area contributed by atoms with E-state index in [1.165, 1.54) is 12.8 Å². The fourth-order valence-corrected chi connectivity index (χ4v) is 2.22. The maximum Gasteiger partial charge on any atom is 0.0500 e. The van der Waals surface area contributed by atoms with Crippen LogP contribution in [0.5, 0.6) is 0 Å². The maximum absolute atomic E-state index is 8.95. The van der Waals surface area contributed by atoms with Crippen molar-refractivity contribution in [3.63, 3.8) is 0 Å². The zero-order valence-electron chi connectivity index (χ0n) is 5.80. The fourth-order valence-electron chi connectivity index (χ4n) is 2.22. The first-order valence-corrected chi connectivity index (χ1v) is 3.57. The van der Waals surface area contributed by atoms with Crippen LogP contribution >= 0.6 is 0 Å². The highest BCUT2D eigenvalue weighted by atomic mass is 16.3. The molecule has 0 unspecified atom stereocenters. The van der Waals surface area contributed by atoms with Gasteiger partial charge in [-0.2, -0.15) is 0 Å². The third-order valence-electron chi connectivity index (χ3n) is 2.88. The summed E-state index contributed by atoms with van der Waals surface area (Å²) in [5, 5.41) is 8.95. The molecule has 2 heteroatoms. The maximum atomic E-state index is 8.95. The lowest BCUT2D eigenvalue weighted by molar-refractivity contribution is 0.0847. The molecule has 0 aromatic rings. The Morgan fingerprint density at radius 3 is 2.56 bits per heavy atom. The quantitative estimate of drug-likeness (QED) is 0.539. The average molecular weight is 127 g/mol. The smallest absolute Gasteiger partial charge is 0.0500 e. The highest BCUT2D eigenvalue weighted by molar-refractivity contribution is 5.06. The molecular formula is C7H13NO. The molecule has 2 saturated heterocycles. The van der Waals surface area contributed by atoms with E-state index in [0.717, 1.165) is 12.6 Å². The number of hydrogen-bond acceptors (Lipinski definition) is 2. The lowest BCUT2D eigenvalue weighted by atomic mass is 9.71. The van der Waals surface area contributed by atoms with Crippen molar-refractivity contribution < 1.29 is 5.11 Å². The van der Waals surface area contributed by atoms with Gasteiger partial charge in [-0.1, -0.05) is 0 Å². The van der Waals surface area contributed by atoms with Crippen molar-refractivity contribution in [3.05, 3.63) is 0 Å². The van der Waals surface area contributed by atoms with Crippen molar-refractivity contribution in [1.82, 2.24) is 4.90 Å². The number of aliphatic hydroxyl groups is 1. The van der Waals surface area contributed by atoms with E-state index in [9.17, 15) is 0 Å². The van der Waals surface area contributed by atoms with Crippen molar-refractivity contribution in [2.45, 2.75) is 18.9 Å². The van der Waals surface area contributed by atoms with Gasteiger partial charge in [-0.05, 0) is 19.9 Å². The van der Waals surface area contributed by atoms with Crippen LogP contribution in [-0.4, -0.2) is 36.2 Å². The van der Waals surface area contributed by atoms with Gasteiger partial charge in [0, 0.05) is 18.0 Å². The molecule has 3 aliphatic rings. The van der Waals surface area contributed by atoms with Gasteiger partial charge in [-0.15, -0.1) is 0 Å². The van der Waals surface area contributed by atoms with Gasteiger partial charge in [-0.25, -0.2) is 0 Å². The highest BCUT2D eigenvalue weighted by Gasteiger charge is 2.52. The van der Waals surface area contributed by atoms with Crippen LogP contribution in [0.15, 0.2) is 0 Å². The molecule has 0 radical (unpaired) electrons. The van der Waals surface area contributed by atoms with Gasteiger partial charge < -0.3 is 10.0 Å². The molecule has 0 atom stereocenters. The summed E-state index contributed by atoms with van der Waals surface area (Å²) >= 11 is 0. The predicted octanol–water partition coefficient (Wildman–Crippen LogP) is 0.0729. The molecule has 2 heterocycles. The van der Waals surface area contributed by atoms with Crippen LogP contribution in [0.3, 0.4) is 0 Å². The number of rotatable bonds is 1. The summed E-state index contributed by atoms with van der Waals surface area (Å²) in [6.07, 6.45) is 2.47. The Kier molecular flexibility index (Phi) is 0.945. The van der Waals surface area contributed by atoms with Crippen LogP contribution in [0, 0.1) is 5.41 Å². The van der Waals surface area contributed by atoms with E-state index in [1.54, 1.807) is 0 Å². The predicted molar refractivity (Wildman–Crippen MR) is 35.2 cm³/mol. The topological polar surface area (TPSA) is 23.5 Å². The van der Waals surface area contributed by atoms with Crippen LogP contribution in [0.25, 0.3) is 0 Å². The minimum Gasteiger partial charge on any atom is -0.396 e. The Hall–Kier alpha value is -0.0800. The van der Waals surface area contributed by atoms with Crippen molar-refractivity contribution in [2.24, 2.45) is 5.41 Å². The standard InChI is InChI=1S/C7H13NO/c1-8-4-7(5-9)2-6(8)3-7/h6,9H,2-5H2,1H3. The SMILES string of the molecule is CN1CC2(CO)CC1C2. The molecule has 0 amide bonds. The molecule has 1 aliphatic carbocycles. The molecule has 2 bridgehead atoms.